The molecule has 3 rings (SSSR count). The first-order valence-electron chi connectivity index (χ1n) is 5.52. The first kappa shape index (κ1) is 10.9. The summed E-state index contributed by atoms with van der Waals surface area (Å²) in [6.07, 6.45) is 1.75. The Labute approximate surface area is 108 Å². The second kappa shape index (κ2) is 4.97. The Hall–Kier alpha value is -2.21. The highest BCUT2D eigenvalue weighted by atomic mass is 32.1. The van der Waals surface area contributed by atoms with Crippen LogP contribution in [0.5, 0.6) is 0 Å². The van der Waals surface area contributed by atoms with E-state index in [0.717, 1.165) is 22.3 Å². The van der Waals surface area contributed by atoms with Gasteiger partial charge in [0.1, 0.15) is 11.6 Å². The Morgan fingerprint density at radius 2 is 2.22 bits per heavy atom. The highest BCUT2D eigenvalue weighted by Gasteiger charge is 2.06. The Morgan fingerprint density at radius 1 is 1.22 bits per heavy atom. The Morgan fingerprint density at radius 3 is 3.00 bits per heavy atom. The summed E-state index contributed by atoms with van der Waals surface area (Å²) in [4.78, 5) is 9.67. The largest absolute Gasteiger partial charge is 0.363 e. The number of H-pyrrole nitrogens is 1. The third kappa shape index (κ3) is 2.38. The Kier molecular flexibility index (Phi) is 3.01. The van der Waals surface area contributed by atoms with Crippen LogP contribution in [-0.4, -0.2) is 20.2 Å². The first-order chi connectivity index (χ1) is 8.92. The number of aromatic amines is 1. The molecule has 0 aliphatic carbocycles. The number of hydrogen-bond acceptors (Lipinski definition) is 5. The van der Waals surface area contributed by atoms with Crippen LogP contribution in [0.3, 0.4) is 0 Å². The molecule has 0 spiro atoms. The second-order valence-corrected chi connectivity index (χ2v) is 4.60. The van der Waals surface area contributed by atoms with Crippen LogP contribution < -0.4 is 5.32 Å². The average molecular weight is 257 g/mol. The van der Waals surface area contributed by atoms with Gasteiger partial charge in [0.25, 0.3) is 0 Å². The fraction of sp³-hybridized carbons (Fsp3) is 0.0833. The number of anilines is 1. The molecule has 5 nitrogen and oxygen atoms in total. The van der Waals surface area contributed by atoms with Crippen molar-refractivity contribution in [1.29, 1.82) is 0 Å². The standard InChI is InChI=1S/C12H11N5S/c1-2-6-13-10(5-1)14-8-11-15-12(17-16-11)9-4-3-7-18-9/h1-7H,8H2,(H,13,14)(H,15,16,17). The van der Waals surface area contributed by atoms with Gasteiger partial charge in [-0.3, -0.25) is 5.10 Å². The van der Waals surface area contributed by atoms with E-state index < -0.39 is 0 Å². The minimum absolute atomic E-state index is 0.579. The van der Waals surface area contributed by atoms with Crippen LogP contribution in [0.15, 0.2) is 41.9 Å². The van der Waals surface area contributed by atoms with Crippen molar-refractivity contribution in [2.24, 2.45) is 0 Å². The lowest BCUT2D eigenvalue weighted by Gasteiger charge is -2.01. The molecule has 0 aliphatic rings. The fourth-order valence-electron chi connectivity index (χ4n) is 1.53. The van der Waals surface area contributed by atoms with Crippen LogP contribution in [0.1, 0.15) is 5.82 Å². The van der Waals surface area contributed by atoms with E-state index in [0.29, 0.717) is 6.54 Å². The van der Waals surface area contributed by atoms with Crippen molar-refractivity contribution in [3.63, 3.8) is 0 Å². The quantitative estimate of drug-likeness (QED) is 0.753. The third-order valence-electron chi connectivity index (χ3n) is 2.38. The van der Waals surface area contributed by atoms with Gasteiger partial charge in [0.2, 0.25) is 0 Å². The van der Waals surface area contributed by atoms with E-state index in [1.165, 1.54) is 0 Å². The number of aromatic nitrogens is 4. The maximum Gasteiger partial charge on any atom is 0.191 e. The molecule has 3 aromatic heterocycles. The number of nitrogens with one attached hydrogen (secondary N) is 2. The van der Waals surface area contributed by atoms with Gasteiger partial charge in [0.15, 0.2) is 5.82 Å². The van der Waals surface area contributed by atoms with E-state index in [4.69, 9.17) is 0 Å². The van der Waals surface area contributed by atoms with E-state index in [1.54, 1.807) is 17.5 Å². The summed E-state index contributed by atoms with van der Waals surface area (Å²) in [5.74, 6) is 2.36. The Balaban J connectivity index is 1.68. The van der Waals surface area contributed by atoms with Gasteiger partial charge in [-0.2, -0.15) is 5.10 Å². The SMILES string of the molecule is c1ccc(NCc2nc(-c3cccs3)n[nH]2)nc1. The molecule has 90 valence electrons. The van der Waals surface area contributed by atoms with E-state index >= 15 is 0 Å². The molecule has 3 aromatic rings. The van der Waals surface area contributed by atoms with Crippen molar-refractivity contribution in [2.45, 2.75) is 6.54 Å². The van der Waals surface area contributed by atoms with Gasteiger partial charge in [-0.25, -0.2) is 9.97 Å². The van der Waals surface area contributed by atoms with Gasteiger partial charge in [-0.05, 0) is 23.6 Å². The summed E-state index contributed by atoms with van der Waals surface area (Å²) < 4.78 is 0. The van der Waals surface area contributed by atoms with Crippen molar-refractivity contribution in [3.05, 3.63) is 47.7 Å². The van der Waals surface area contributed by atoms with Gasteiger partial charge in [-0.1, -0.05) is 12.1 Å². The molecular formula is C12H11N5S. The minimum Gasteiger partial charge on any atom is -0.363 e. The fourth-order valence-corrected chi connectivity index (χ4v) is 2.19. The van der Waals surface area contributed by atoms with Crippen LogP contribution in [-0.2, 0) is 6.54 Å². The van der Waals surface area contributed by atoms with Crippen molar-refractivity contribution in [1.82, 2.24) is 20.2 Å². The second-order valence-electron chi connectivity index (χ2n) is 3.65. The van der Waals surface area contributed by atoms with E-state index in [1.807, 2.05) is 35.7 Å². The molecule has 0 bridgehead atoms. The minimum atomic E-state index is 0.579. The predicted octanol–water partition coefficient (Wildman–Crippen LogP) is 2.54. The summed E-state index contributed by atoms with van der Waals surface area (Å²) in [6.45, 7) is 0.579. The molecule has 0 atom stereocenters. The van der Waals surface area contributed by atoms with Crippen LogP contribution in [0, 0.1) is 0 Å². The summed E-state index contributed by atoms with van der Waals surface area (Å²) >= 11 is 1.63. The maximum absolute atomic E-state index is 4.42. The lowest BCUT2D eigenvalue weighted by molar-refractivity contribution is 0.948. The zero-order valence-corrected chi connectivity index (χ0v) is 10.3. The van der Waals surface area contributed by atoms with Crippen LogP contribution in [0.4, 0.5) is 5.82 Å². The average Bonchev–Trinajstić information content (AvgIpc) is 3.08. The van der Waals surface area contributed by atoms with Crippen LogP contribution in [0.2, 0.25) is 0 Å². The molecule has 0 aliphatic heterocycles. The molecule has 0 radical (unpaired) electrons. The molecular weight excluding hydrogens is 246 g/mol. The molecule has 0 unspecified atom stereocenters. The number of thiophene rings is 1. The normalized spacial score (nSPS) is 10.4. The molecule has 2 N–H and O–H groups in total. The van der Waals surface area contributed by atoms with E-state index in [9.17, 15) is 0 Å². The molecule has 0 saturated carbocycles. The lowest BCUT2D eigenvalue weighted by Crippen LogP contribution is -2.02. The molecule has 0 fully saturated rings. The zero-order chi connectivity index (χ0) is 12.2. The van der Waals surface area contributed by atoms with Gasteiger partial charge in [0.05, 0.1) is 11.4 Å². The van der Waals surface area contributed by atoms with Crippen LogP contribution >= 0.6 is 11.3 Å². The number of nitrogens with zero attached hydrogens (tertiary/aromatic N) is 3. The molecule has 0 aromatic carbocycles. The molecule has 3 heterocycles. The maximum atomic E-state index is 4.42. The van der Waals surface area contributed by atoms with E-state index in [2.05, 4.69) is 25.5 Å². The number of hydrogen-bond donors (Lipinski definition) is 2. The highest BCUT2D eigenvalue weighted by molar-refractivity contribution is 7.13. The number of pyridine rings is 1. The molecule has 18 heavy (non-hydrogen) atoms. The molecule has 0 amide bonds. The Bertz CT molecular complexity index is 602. The van der Waals surface area contributed by atoms with Crippen molar-refractivity contribution in [3.8, 4) is 10.7 Å². The summed E-state index contributed by atoms with van der Waals surface area (Å²) in [7, 11) is 0. The monoisotopic (exact) mass is 257 g/mol. The van der Waals surface area contributed by atoms with E-state index in [-0.39, 0.29) is 0 Å². The summed E-state index contributed by atoms with van der Waals surface area (Å²) in [5, 5.41) is 12.3. The predicted molar refractivity (Wildman–Crippen MR) is 71.3 cm³/mol. The third-order valence-corrected chi connectivity index (χ3v) is 3.24. The van der Waals surface area contributed by atoms with Crippen molar-refractivity contribution < 1.29 is 0 Å². The number of rotatable bonds is 4. The van der Waals surface area contributed by atoms with Crippen LogP contribution in [0.25, 0.3) is 10.7 Å². The van der Waals surface area contributed by atoms with Gasteiger partial charge >= 0.3 is 0 Å². The van der Waals surface area contributed by atoms with Gasteiger partial charge in [0, 0.05) is 6.20 Å². The highest BCUT2D eigenvalue weighted by Crippen LogP contribution is 2.20. The summed E-state index contributed by atoms with van der Waals surface area (Å²) in [5.41, 5.74) is 0. The smallest absolute Gasteiger partial charge is 0.191 e. The zero-order valence-electron chi connectivity index (χ0n) is 9.50. The van der Waals surface area contributed by atoms with Gasteiger partial charge in [-0.15, -0.1) is 11.3 Å². The van der Waals surface area contributed by atoms with Crippen molar-refractivity contribution in [2.75, 3.05) is 5.32 Å². The van der Waals surface area contributed by atoms with Gasteiger partial charge < -0.3 is 5.32 Å². The molecule has 0 saturated heterocycles. The topological polar surface area (TPSA) is 66.5 Å². The summed E-state index contributed by atoms with van der Waals surface area (Å²) in [6, 6.07) is 9.73. The lowest BCUT2D eigenvalue weighted by atomic mass is 10.4. The molecule has 6 heteroatoms. The van der Waals surface area contributed by atoms with Crippen molar-refractivity contribution >= 4 is 17.2 Å². The first-order valence-corrected chi connectivity index (χ1v) is 6.40.